The lowest BCUT2D eigenvalue weighted by molar-refractivity contribution is -0.384. The number of hydrogen-bond donors (Lipinski definition) is 1. The Kier molecular flexibility index (Phi) is 3.68. The summed E-state index contributed by atoms with van der Waals surface area (Å²) in [7, 11) is 0. The van der Waals surface area contributed by atoms with Gasteiger partial charge in [-0.1, -0.05) is 11.6 Å². The summed E-state index contributed by atoms with van der Waals surface area (Å²) in [4.78, 5) is 10.2. The molecule has 0 saturated carbocycles. The Morgan fingerprint density at radius 3 is 2.89 bits per heavy atom. The van der Waals surface area contributed by atoms with E-state index in [2.05, 4.69) is 5.32 Å². The van der Waals surface area contributed by atoms with E-state index >= 15 is 0 Å². The molecule has 1 aromatic rings. The molecule has 2 unspecified atom stereocenters. The Morgan fingerprint density at radius 2 is 2.33 bits per heavy atom. The molecule has 1 N–H and O–H groups in total. The highest BCUT2D eigenvalue weighted by Gasteiger charge is 2.27. The van der Waals surface area contributed by atoms with E-state index in [1.165, 1.54) is 6.07 Å². The molecule has 98 valence electrons. The Morgan fingerprint density at radius 1 is 1.61 bits per heavy atom. The van der Waals surface area contributed by atoms with E-state index in [4.69, 9.17) is 16.3 Å². The van der Waals surface area contributed by atoms with Crippen molar-refractivity contribution >= 4 is 23.0 Å². The third kappa shape index (κ3) is 2.54. The summed E-state index contributed by atoms with van der Waals surface area (Å²) in [5.74, 6) is -0.801. The van der Waals surface area contributed by atoms with Crippen LogP contribution in [-0.2, 0) is 4.74 Å². The molecule has 0 amide bonds. The number of hydrogen-bond acceptors (Lipinski definition) is 4. The van der Waals surface area contributed by atoms with Gasteiger partial charge < -0.3 is 10.1 Å². The number of nitrogens with zero attached hydrogens (tertiary/aromatic N) is 1. The quantitative estimate of drug-likeness (QED) is 0.680. The molecule has 2 atom stereocenters. The largest absolute Gasteiger partial charge is 0.376 e. The first-order valence-electron chi connectivity index (χ1n) is 5.50. The van der Waals surface area contributed by atoms with Crippen LogP contribution in [0.5, 0.6) is 0 Å². The molecule has 1 aliphatic rings. The molecule has 1 aromatic carbocycles. The maximum Gasteiger partial charge on any atom is 0.295 e. The molecule has 0 aromatic heterocycles. The Hall–Kier alpha value is -1.40. The van der Waals surface area contributed by atoms with Crippen molar-refractivity contribution in [2.24, 2.45) is 0 Å². The second-order valence-electron chi connectivity index (χ2n) is 4.16. The predicted octanol–water partition coefficient (Wildman–Crippen LogP) is 2.98. The van der Waals surface area contributed by atoms with Crippen LogP contribution >= 0.6 is 11.6 Å². The van der Waals surface area contributed by atoms with Gasteiger partial charge in [-0.15, -0.1) is 0 Å². The summed E-state index contributed by atoms with van der Waals surface area (Å²) >= 11 is 5.64. The van der Waals surface area contributed by atoms with Crippen molar-refractivity contribution in [2.75, 3.05) is 11.9 Å². The number of anilines is 1. The van der Waals surface area contributed by atoms with Gasteiger partial charge in [-0.05, 0) is 19.4 Å². The minimum atomic E-state index is -0.801. The molecule has 1 saturated heterocycles. The van der Waals surface area contributed by atoms with Crippen molar-refractivity contribution in [1.29, 1.82) is 0 Å². The van der Waals surface area contributed by atoms with Gasteiger partial charge >= 0.3 is 0 Å². The fraction of sp³-hybridized carbons (Fsp3) is 0.455. The van der Waals surface area contributed by atoms with Crippen LogP contribution in [0.2, 0.25) is 5.02 Å². The zero-order valence-electron chi connectivity index (χ0n) is 9.65. The van der Waals surface area contributed by atoms with Crippen molar-refractivity contribution in [1.82, 2.24) is 0 Å². The van der Waals surface area contributed by atoms with Crippen LogP contribution in [-0.4, -0.2) is 23.7 Å². The second kappa shape index (κ2) is 5.07. The number of nitrogens with one attached hydrogen (secondary N) is 1. The Balaban J connectivity index is 2.30. The van der Waals surface area contributed by atoms with Gasteiger partial charge in [-0.25, -0.2) is 4.39 Å². The third-order valence-electron chi connectivity index (χ3n) is 2.95. The highest BCUT2D eigenvalue weighted by Crippen LogP contribution is 2.32. The zero-order valence-corrected chi connectivity index (χ0v) is 10.4. The van der Waals surface area contributed by atoms with Crippen LogP contribution in [0.1, 0.15) is 13.3 Å². The Labute approximate surface area is 108 Å². The SMILES string of the molecule is CC1OCCC1Nc1cc(Cl)c(F)cc1[N+](=O)[O-]. The molecular weight excluding hydrogens is 263 g/mol. The van der Waals surface area contributed by atoms with E-state index in [1.807, 2.05) is 6.92 Å². The normalized spacial score (nSPS) is 23.1. The lowest BCUT2D eigenvalue weighted by Gasteiger charge is -2.17. The zero-order chi connectivity index (χ0) is 13.3. The van der Waals surface area contributed by atoms with Gasteiger partial charge in [0.05, 0.1) is 28.2 Å². The van der Waals surface area contributed by atoms with Crippen LogP contribution in [0.25, 0.3) is 0 Å². The van der Waals surface area contributed by atoms with E-state index < -0.39 is 10.7 Å². The lowest BCUT2D eigenvalue weighted by atomic mass is 10.1. The van der Waals surface area contributed by atoms with Gasteiger partial charge in [0.1, 0.15) is 11.5 Å². The number of ether oxygens (including phenoxy) is 1. The fourth-order valence-electron chi connectivity index (χ4n) is 1.92. The van der Waals surface area contributed by atoms with Gasteiger partial charge in [-0.2, -0.15) is 0 Å². The van der Waals surface area contributed by atoms with Crippen molar-refractivity contribution in [2.45, 2.75) is 25.5 Å². The van der Waals surface area contributed by atoms with Crippen LogP contribution in [0.4, 0.5) is 15.8 Å². The highest BCUT2D eigenvalue weighted by atomic mass is 35.5. The van der Waals surface area contributed by atoms with Gasteiger partial charge in [0.25, 0.3) is 5.69 Å². The molecular formula is C11H12ClFN2O3. The minimum absolute atomic E-state index is 0.0368. The molecule has 0 spiro atoms. The number of nitro benzene ring substituents is 1. The number of halogens is 2. The molecule has 0 bridgehead atoms. The van der Waals surface area contributed by atoms with E-state index in [0.717, 1.165) is 12.5 Å². The number of rotatable bonds is 3. The average molecular weight is 275 g/mol. The van der Waals surface area contributed by atoms with Crippen LogP contribution in [0.3, 0.4) is 0 Å². The molecule has 7 heteroatoms. The van der Waals surface area contributed by atoms with Gasteiger partial charge in [0.15, 0.2) is 0 Å². The molecule has 18 heavy (non-hydrogen) atoms. The van der Waals surface area contributed by atoms with E-state index in [9.17, 15) is 14.5 Å². The summed E-state index contributed by atoms with van der Waals surface area (Å²) in [6.07, 6.45) is 0.696. The summed E-state index contributed by atoms with van der Waals surface area (Å²) in [5.41, 5.74) is -0.107. The van der Waals surface area contributed by atoms with E-state index in [-0.39, 0.29) is 28.5 Å². The first kappa shape index (κ1) is 13.0. The number of benzene rings is 1. The lowest BCUT2D eigenvalue weighted by Crippen LogP contribution is -2.27. The number of nitro groups is 1. The standard InChI is InChI=1S/C11H12ClFN2O3/c1-6-9(2-3-18-6)14-10-4-7(12)8(13)5-11(10)15(16)17/h4-6,9,14H,2-3H2,1H3. The summed E-state index contributed by atoms with van der Waals surface area (Å²) in [6, 6.07) is 2.02. The summed E-state index contributed by atoms with van der Waals surface area (Å²) < 4.78 is 18.6. The molecule has 1 aliphatic heterocycles. The summed E-state index contributed by atoms with van der Waals surface area (Å²) in [5, 5.41) is 13.7. The van der Waals surface area contributed by atoms with Gasteiger partial charge in [0.2, 0.25) is 0 Å². The van der Waals surface area contributed by atoms with E-state index in [0.29, 0.717) is 6.61 Å². The van der Waals surface area contributed by atoms with Crippen molar-refractivity contribution in [3.05, 3.63) is 33.1 Å². The van der Waals surface area contributed by atoms with Crippen LogP contribution in [0.15, 0.2) is 12.1 Å². The molecule has 2 rings (SSSR count). The molecule has 1 heterocycles. The second-order valence-corrected chi connectivity index (χ2v) is 4.56. The Bertz CT molecular complexity index is 484. The first-order chi connectivity index (χ1) is 8.49. The monoisotopic (exact) mass is 274 g/mol. The third-order valence-corrected chi connectivity index (χ3v) is 3.24. The minimum Gasteiger partial charge on any atom is -0.376 e. The predicted molar refractivity (Wildman–Crippen MR) is 65.5 cm³/mol. The average Bonchev–Trinajstić information content (AvgIpc) is 2.69. The van der Waals surface area contributed by atoms with Crippen LogP contribution < -0.4 is 5.32 Å². The topological polar surface area (TPSA) is 64.4 Å². The smallest absolute Gasteiger partial charge is 0.295 e. The first-order valence-corrected chi connectivity index (χ1v) is 5.88. The van der Waals surface area contributed by atoms with Crippen molar-refractivity contribution in [3.63, 3.8) is 0 Å². The molecule has 1 fully saturated rings. The van der Waals surface area contributed by atoms with Crippen LogP contribution in [0, 0.1) is 15.9 Å². The molecule has 0 aliphatic carbocycles. The van der Waals surface area contributed by atoms with Crippen molar-refractivity contribution < 1.29 is 14.1 Å². The van der Waals surface area contributed by atoms with Gasteiger partial charge in [0, 0.05) is 6.61 Å². The fourth-order valence-corrected chi connectivity index (χ4v) is 2.09. The summed E-state index contributed by atoms with van der Waals surface area (Å²) in [6.45, 7) is 2.48. The molecule has 5 nitrogen and oxygen atoms in total. The highest BCUT2D eigenvalue weighted by molar-refractivity contribution is 6.31. The van der Waals surface area contributed by atoms with E-state index in [1.54, 1.807) is 0 Å². The maximum absolute atomic E-state index is 13.2. The van der Waals surface area contributed by atoms with Crippen molar-refractivity contribution in [3.8, 4) is 0 Å². The maximum atomic E-state index is 13.2. The molecule has 0 radical (unpaired) electrons. The van der Waals surface area contributed by atoms with Gasteiger partial charge in [-0.3, -0.25) is 10.1 Å².